The molecule has 2 aromatic rings. The van der Waals surface area contributed by atoms with E-state index in [0.717, 1.165) is 15.3 Å². The van der Waals surface area contributed by atoms with Crippen molar-refractivity contribution in [1.82, 2.24) is 4.90 Å². The van der Waals surface area contributed by atoms with Gasteiger partial charge in [-0.2, -0.15) is 0 Å². The van der Waals surface area contributed by atoms with E-state index in [1.54, 1.807) is 23.5 Å². The number of carbonyl (C=O) groups excluding carboxylic acids is 1. The Balaban J connectivity index is 2.15. The van der Waals surface area contributed by atoms with Gasteiger partial charge < -0.3 is 10.6 Å². The van der Waals surface area contributed by atoms with Crippen LogP contribution in [-0.4, -0.2) is 23.4 Å². The molecule has 0 aliphatic carbocycles. The minimum Gasteiger partial charge on any atom is -0.335 e. The smallest absolute Gasteiger partial charge is 0.227 e. The molecule has 0 bridgehead atoms. The third kappa shape index (κ3) is 4.39. The van der Waals surface area contributed by atoms with E-state index in [2.05, 4.69) is 0 Å². The number of carbonyl (C=O) groups is 1. The Labute approximate surface area is 140 Å². The van der Waals surface area contributed by atoms with Crippen LogP contribution in [0.2, 0.25) is 0 Å². The van der Waals surface area contributed by atoms with Crippen molar-refractivity contribution in [2.45, 2.75) is 33.4 Å². The molecule has 0 spiro atoms. The first-order valence-electron chi connectivity index (χ1n) is 7.77. The lowest BCUT2D eigenvalue weighted by molar-refractivity contribution is -0.137. The molecule has 0 radical (unpaired) electrons. The molecule has 5 heteroatoms. The van der Waals surface area contributed by atoms with Crippen LogP contribution in [0.1, 0.15) is 25.6 Å². The molecule has 1 amide bonds. The summed E-state index contributed by atoms with van der Waals surface area (Å²) in [5.41, 5.74) is 6.61. The molecule has 0 aliphatic rings. The summed E-state index contributed by atoms with van der Waals surface area (Å²) in [4.78, 5) is 16.5. The maximum absolute atomic E-state index is 13.0. The van der Waals surface area contributed by atoms with E-state index in [1.165, 1.54) is 12.1 Å². The number of hydrogen-bond donors (Lipinski definition) is 1. The summed E-state index contributed by atoms with van der Waals surface area (Å²) in [5, 5.41) is 0. The molecular formula is C18H23FN2OS. The second kappa shape index (κ2) is 7.70. The van der Waals surface area contributed by atoms with Crippen LogP contribution in [-0.2, 0) is 11.3 Å². The monoisotopic (exact) mass is 334 g/mol. The number of rotatable bonds is 6. The maximum Gasteiger partial charge on any atom is 0.227 e. The minimum absolute atomic E-state index is 0.0826. The Hall–Kier alpha value is -1.72. The predicted octanol–water partition coefficient (Wildman–Crippen LogP) is 3.89. The van der Waals surface area contributed by atoms with Crippen LogP contribution in [0, 0.1) is 11.7 Å². The van der Waals surface area contributed by atoms with E-state index in [0.29, 0.717) is 13.1 Å². The van der Waals surface area contributed by atoms with E-state index in [9.17, 15) is 9.18 Å². The van der Waals surface area contributed by atoms with Crippen molar-refractivity contribution in [2.24, 2.45) is 11.7 Å². The van der Waals surface area contributed by atoms with Crippen LogP contribution >= 0.6 is 11.3 Å². The highest BCUT2D eigenvalue weighted by Crippen LogP contribution is 2.29. The third-order valence-electron chi connectivity index (χ3n) is 3.80. The highest BCUT2D eigenvalue weighted by Gasteiger charge is 2.22. The Morgan fingerprint density at radius 1 is 1.17 bits per heavy atom. The van der Waals surface area contributed by atoms with Gasteiger partial charge in [-0.05, 0) is 43.7 Å². The summed E-state index contributed by atoms with van der Waals surface area (Å²) >= 11 is 1.63. The van der Waals surface area contributed by atoms with Crippen molar-refractivity contribution >= 4 is 17.2 Å². The van der Waals surface area contributed by atoms with Gasteiger partial charge in [-0.15, -0.1) is 11.3 Å². The number of thiophene rings is 1. The first-order valence-corrected chi connectivity index (χ1v) is 8.59. The second-order valence-electron chi connectivity index (χ2n) is 5.97. The van der Waals surface area contributed by atoms with Gasteiger partial charge in [-0.25, -0.2) is 4.39 Å². The molecule has 1 aromatic carbocycles. The molecular weight excluding hydrogens is 311 g/mol. The molecule has 0 aliphatic heterocycles. The molecule has 3 nitrogen and oxygen atoms in total. The van der Waals surface area contributed by atoms with Gasteiger partial charge in [-0.3, -0.25) is 4.79 Å². The standard InChI is InChI=1S/C18H23FN2OS/c1-12(2)21(18(22)13(3)10-20)11-16-8-9-17(23-16)14-4-6-15(19)7-5-14/h4-9,12-13H,10-11,20H2,1-3H3. The lowest BCUT2D eigenvalue weighted by atomic mass is 10.1. The summed E-state index contributed by atoms with van der Waals surface area (Å²) in [6.45, 7) is 6.81. The summed E-state index contributed by atoms with van der Waals surface area (Å²) in [6, 6.07) is 10.6. The van der Waals surface area contributed by atoms with Gasteiger partial charge in [0.15, 0.2) is 0 Å². The van der Waals surface area contributed by atoms with Gasteiger partial charge in [0.1, 0.15) is 5.82 Å². The topological polar surface area (TPSA) is 46.3 Å². The Kier molecular flexibility index (Phi) is 5.91. The summed E-state index contributed by atoms with van der Waals surface area (Å²) in [6.07, 6.45) is 0. The highest BCUT2D eigenvalue weighted by molar-refractivity contribution is 7.15. The molecule has 1 atom stereocenters. The fourth-order valence-electron chi connectivity index (χ4n) is 2.30. The van der Waals surface area contributed by atoms with Crippen LogP contribution in [0.15, 0.2) is 36.4 Å². The van der Waals surface area contributed by atoms with Crippen molar-refractivity contribution in [2.75, 3.05) is 6.54 Å². The van der Waals surface area contributed by atoms with Crippen molar-refractivity contribution < 1.29 is 9.18 Å². The summed E-state index contributed by atoms with van der Waals surface area (Å²) in [5.74, 6) is -0.328. The lowest BCUT2D eigenvalue weighted by Gasteiger charge is -2.28. The van der Waals surface area contributed by atoms with Gasteiger partial charge in [0, 0.05) is 28.3 Å². The molecule has 2 rings (SSSR count). The second-order valence-corrected chi connectivity index (χ2v) is 7.14. The summed E-state index contributed by atoms with van der Waals surface area (Å²) in [7, 11) is 0. The fourth-order valence-corrected chi connectivity index (χ4v) is 3.31. The molecule has 0 saturated heterocycles. The molecule has 0 saturated carbocycles. The highest BCUT2D eigenvalue weighted by atomic mass is 32.1. The Morgan fingerprint density at radius 3 is 2.39 bits per heavy atom. The number of hydrogen-bond acceptors (Lipinski definition) is 3. The third-order valence-corrected chi connectivity index (χ3v) is 4.92. The zero-order valence-electron chi connectivity index (χ0n) is 13.8. The molecule has 1 heterocycles. The van der Waals surface area contributed by atoms with Crippen molar-refractivity contribution in [1.29, 1.82) is 0 Å². The van der Waals surface area contributed by atoms with Gasteiger partial charge in [0.05, 0.1) is 6.54 Å². The SMILES string of the molecule is CC(CN)C(=O)N(Cc1ccc(-c2ccc(F)cc2)s1)C(C)C. The van der Waals surface area contributed by atoms with Crippen LogP contribution in [0.3, 0.4) is 0 Å². The molecule has 1 unspecified atom stereocenters. The van der Waals surface area contributed by atoms with Crippen LogP contribution in [0.5, 0.6) is 0 Å². The van der Waals surface area contributed by atoms with Crippen LogP contribution < -0.4 is 5.73 Å². The zero-order chi connectivity index (χ0) is 17.0. The minimum atomic E-state index is -0.238. The predicted molar refractivity (Wildman–Crippen MR) is 93.6 cm³/mol. The van der Waals surface area contributed by atoms with E-state index < -0.39 is 0 Å². The number of amides is 1. The average molecular weight is 334 g/mol. The van der Waals surface area contributed by atoms with Crippen LogP contribution in [0.4, 0.5) is 4.39 Å². The van der Waals surface area contributed by atoms with E-state index in [1.807, 2.05) is 37.8 Å². The van der Waals surface area contributed by atoms with Gasteiger partial charge in [0.25, 0.3) is 0 Å². The van der Waals surface area contributed by atoms with Crippen LogP contribution in [0.25, 0.3) is 10.4 Å². The van der Waals surface area contributed by atoms with Crippen molar-refractivity contribution in [3.63, 3.8) is 0 Å². The van der Waals surface area contributed by atoms with Crippen molar-refractivity contribution in [3.8, 4) is 10.4 Å². The maximum atomic E-state index is 13.0. The number of nitrogens with two attached hydrogens (primary N) is 1. The van der Waals surface area contributed by atoms with E-state index in [4.69, 9.17) is 5.73 Å². The summed E-state index contributed by atoms with van der Waals surface area (Å²) < 4.78 is 13.0. The lowest BCUT2D eigenvalue weighted by Crippen LogP contribution is -2.41. The van der Waals surface area contributed by atoms with Crippen molar-refractivity contribution in [3.05, 3.63) is 47.1 Å². The molecule has 1 aromatic heterocycles. The Morgan fingerprint density at radius 2 is 1.83 bits per heavy atom. The molecule has 124 valence electrons. The number of benzene rings is 1. The first-order chi connectivity index (χ1) is 10.9. The fraction of sp³-hybridized carbons (Fsp3) is 0.389. The average Bonchev–Trinajstić information content (AvgIpc) is 3.00. The van der Waals surface area contributed by atoms with E-state index >= 15 is 0 Å². The van der Waals surface area contributed by atoms with E-state index in [-0.39, 0.29) is 23.7 Å². The molecule has 23 heavy (non-hydrogen) atoms. The largest absolute Gasteiger partial charge is 0.335 e. The quantitative estimate of drug-likeness (QED) is 0.871. The van der Waals surface area contributed by atoms with Gasteiger partial charge in [0.2, 0.25) is 5.91 Å². The molecule has 0 fully saturated rings. The number of halogens is 1. The first kappa shape index (κ1) is 17.6. The van der Waals surface area contributed by atoms with Gasteiger partial charge in [-0.1, -0.05) is 19.1 Å². The number of nitrogens with zero attached hydrogens (tertiary/aromatic N) is 1. The zero-order valence-corrected chi connectivity index (χ0v) is 14.6. The molecule has 2 N–H and O–H groups in total. The Bertz CT molecular complexity index is 651. The normalized spacial score (nSPS) is 12.4. The van der Waals surface area contributed by atoms with Gasteiger partial charge >= 0.3 is 0 Å².